The summed E-state index contributed by atoms with van der Waals surface area (Å²) in [5, 5.41) is 0. The van der Waals surface area contributed by atoms with E-state index in [9.17, 15) is 8.42 Å². The molecule has 1 fully saturated rings. The van der Waals surface area contributed by atoms with Gasteiger partial charge in [0.05, 0.1) is 12.7 Å². The predicted molar refractivity (Wildman–Crippen MR) is 34.7 cm³/mol. The van der Waals surface area contributed by atoms with Crippen molar-refractivity contribution in [2.45, 2.75) is 6.10 Å². The number of hydrogen-bond donors (Lipinski definition) is 1. The fraction of sp³-hybridized carbons (Fsp3) is 1.00. The van der Waals surface area contributed by atoms with Crippen LogP contribution in [0, 0.1) is 0 Å². The van der Waals surface area contributed by atoms with Crippen LogP contribution in [0.25, 0.3) is 0 Å². The lowest BCUT2D eigenvalue weighted by atomic mass is 10.6. The Labute approximate surface area is 69.5 Å². The van der Waals surface area contributed by atoms with Gasteiger partial charge >= 0.3 is 23.1 Å². The second-order valence-electron chi connectivity index (χ2n) is 1.70. The highest BCUT2D eigenvalue weighted by atomic mass is 32.2. The van der Waals surface area contributed by atoms with E-state index < -0.39 is 10.1 Å². The average Bonchev–Trinajstić information content (AvgIpc) is 2.12. The standard InChI is InChI=1S/C3H6O4S.Mg.2H/c4-8(5,6)2-3-1-7-3;;;/h3H,1-2H2,(H,4,5,6);;;. The molecule has 1 saturated heterocycles. The lowest BCUT2D eigenvalue weighted by Gasteiger charge is -1.86. The third kappa shape index (κ3) is 5.10. The van der Waals surface area contributed by atoms with E-state index in [0.29, 0.717) is 6.61 Å². The first-order chi connectivity index (χ1) is 3.58. The third-order valence-electron chi connectivity index (χ3n) is 0.799. The molecule has 0 aromatic carbocycles. The fourth-order valence-electron chi connectivity index (χ4n) is 0.399. The van der Waals surface area contributed by atoms with Gasteiger partial charge in [-0.3, -0.25) is 4.55 Å². The Bertz CT molecular complexity index is 170. The Kier molecular flexibility index (Phi) is 3.38. The van der Waals surface area contributed by atoms with E-state index >= 15 is 0 Å². The van der Waals surface area contributed by atoms with Crippen molar-refractivity contribution in [1.82, 2.24) is 0 Å². The summed E-state index contributed by atoms with van der Waals surface area (Å²) in [5.41, 5.74) is 0. The monoisotopic (exact) mass is 164 g/mol. The summed E-state index contributed by atoms with van der Waals surface area (Å²) in [6, 6.07) is 0. The minimum absolute atomic E-state index is 0. The van der Waals surface area contributed by atoms with Crippen molar-refractivity contribution >= 4 is 33.2 Å². The van der Waals surface area contributed by atoms with Gasteiger partial charge in [-0.05, 0) is 0 Å². The van der Waals surface area contributed by atoms with Gasteiger partial charge in [0.1, 0.15) is 5.75 Å². The van der Waals surface area contributed by atoms with Gasteiger partial charge in [0.2, 0.25) is 0 Å². The van der Waals surface area contributed by atoms with Gasteiger partial charge in [0, 0.05) is 0 Å². The maximum absolute atomic E-state index is 9.96. The van der Waals surface area contributed by atoms with E-state index in [1.807, 2.05) is 0 Å². The maximum Gasteiger partial charge on any atom is 0.316 e. The van der Waals surface area contributed by atoms with Crippen LogP contribution in [0.2, 0.25) is 0 Å². The molecule has 0 aromatic rings. The molecule has 52 valence electrons. The Hall–Kier alpha value is 0.636. The molecule has 1 N–H and O–H groups in total. The van der Waals surface area contributed by atoms with Gasteiger partial charge in [-0.25, -0.2) is 0 Å². The highest BCUT2D eigenvalue weighted by molar-refractivity contribution is 7.85. The Morgan fingerprint density at radius 2 is 2.11 bits per heavy atom. The summed E-state index contributed by atoms with van der Waals surface area (Å²) in [7, 11) is -3.79. The van der Waals surface area contributed by atoms with Crippen molar-refractivity contribution in [2.75, 3.05) is 12.4 Å². The minimum atomic E-state index is -3.79. The van der Waals surface area contributed by atoms with E-state index in [1.54, 1.807) is 0 Å². The van der Waals surface area contributed by atoms with Gasteiger partial charge in [-0.2, -0.15) is 8.42 Å². The zero-order valence-corrected chi connectivity index (χ0v) is 4.89. The summed E-state index contributed by atoms with van der Waals surface area (Å²) in [6.45, 7) is 0.458. The second-order valence-corrected chi connectivity index (χ2v) is 3.20. The van der Waals surface area contributed by atoms with Crippen molar-refractivity contribution in [2.24, 2.45) is 0 Å². The number of rotatable bonds is 2. The van der Waals surface area contributed by atoms with Crippen molar-refractivity contribution < 1.29 is 17.7 Å². The van der Waals surface area contributed by atoms with Crippen LogP contribution < -0.4 is 0 Å². The lowest BCUT2D eigenvalue weighted by Crippen LogP contribution is -2.08. The topological polar surface area (TPSA) is 66.9 Å². The van der Waals surface area contributed by atoms with Crippen LogP contribution in [-0.2, 0) is 14.9 Å². The number of hydrogen-bond acceptors (Lipinski definition) is 3. The molecule has 1 aliphatic heterocycles. The van der Waals surface area contributed by atoms with Crippen LogP contribution in [0.4, 0.5) is 0 Å². The van der Waals surface area contributed by atoms with Crippen molar-refractivity contribution in [3.05, 3.63) is 0 Å². The molecule has 6 heteroatoms. The molecule has 1 unspecified atom stereocenters. The van der Waals surface area contributed by atoms with Gasteiger partial charge in [0.25, 0.3) is 10.1 Å². The second kappa shape index (κ2) is 3.15. The summed E-state index contributed by atoms with van der Waals surface area (Å²) in [4.78, 5) is 0. The first-order valence-corrected chi connectivity index (χ1v) is 3.75. The molecule has 0 spiro atoms. The molecule has 1 heterocycles. The van der Waals surface area contributed by atoms with E-state index in [0.717, 1.165) is 0 Å². The van der Waals surface area contributed by atoms with Crippen LogP contribution in [-0.4, -0.2) is 54.5 Å². The third-order valence-corrected chi connectivity index (χ3v) is 1.59. The fourth-order valence-corrected chi connectivity index (χ4v) is 1.06. The molecule has 1 aliphatic rings. The molecular weight excluding hydrogens is 156 g/mol. The predicted octanol–water partition coefficient (Wildman–Crippen LogP) is -1.64. The highest BCUT2D eigenvalue weighted by Crippen LogP contribution is 2.09. The highest BCUT2D eigenvalue weighted by Gasteiger charge is 2.27. The van der Waals surface area contributed by atoms with E-state index in [-0.39, 0.29) is 34.9 Å². The molecule has 4 nitrogen and oxygen atoms in total. The van der Waals surface area contributed by atoms with Crippen molar-refractivity contribution in [3.8, 4) is 0 Å². The molecule has 0 radical (unpaired) electrons. The zero-order chi connectivity index (χ0) is 6.20. The van der Waals surface area contributed by atoms with Gasteiger partial charge in [-0.15, -0.1) is 0 Å². The first-order valence-electron chi connectivity index (χ1n) is 2.15. The summed E-state index contributed by atoms with van der Waals surface area (Å²) in [5.74, 6) is -0.257. The van der Waals surface area contributed by atoms with Crippen LogP contribution in [0.5, 0.6) is 0 Å². The molecule has 0 aliphatic carbocycles. The van der Waals surface area contributed by atoms with E-state index in [2.05, 4.69) is 4.74 Å². The van der Waals surface area contributed by atoms with Crippen molar-refractivity contribution in [1.29, 1.82) is 0 Å². The molecule has 9 heavy (non-hydrogen) atoms. The van der Waals surface area contributed by atoms with Gasteiger partial charge in [0.15, 0.2) is 0 Å². The van der Waals surface area contributed by atoms with Crippen LogP contribution in [0.1, 0.15) is 0 Å². The molecule has 0 aromatic heterocycles. The lowest BCUT2D eigenvalue weighted by molar-refractivity contribution is 0.413. The average molecular weight is 164 g/mol. The number of epoxide rings is 1. The summed E-state index contributed by atoms with van der Waals surface area (Å²) in [6.07, 6.45) is -0.245. The van der Waals surface area contributed by atoms with E-state index in [1.165, 1.54) is 0 Å². The molecule has 0 saturated carbocycles. The van der Waals surface area contributed by atoms with Crippen LogP contribution >= 0.6 is 0 Å². The molecule has 0 amide bonds. The molecule has 0 bridgehead atoms. The minimum Gasteiger partial charge on any atom is -0.372 e. The molecule has 1 atom stereocenters. The Morgan fingerprint density at radius 1 is 1.67 bits per heavy atom. The van der Waals surface area contributed by atoms with Gasteiger partial charge < -0.3 is 4.74 Å². The first kappa shape index (κ1) is 9.64. The normalized spacial score (nSPS) is 24.8. The smallest absolute Gasteiger partial charge is 0.316 e. The SMILES string of the molecule is O=S(=O)(O)CC1CO1.[MgH2]. The molecular formula is C3H8MgO4S. The zero-order valence-electron chi connectivity index (χ0n) is 4.07. The Balaban J connectivity index is 0.000000640. The van der Waals surface area contributed by atoms with Crippen LogP contribution in [0.15, 0.2) is 0 Å². The van der Waals surface area contributed by atoms with E-state index in [4.69, 9.17) is 4.55 Å². The maximum atomic E-state index is 9.96. The Morgan fingerprint density at radius 3 is 2.22 bits per heavy atom. The van der Waals surface area contributed by atoms with Crippen molar-refractivity contribution in [3.63, 3.8) is 0 Å². The van der Waals surface area contributed by atoms with Gasteiger partial charge in [-0.1, -0.05) is 0 Å². The number of ether oxygens (including phenoxy) is 1. The summed E-state index contributed by atoms with van der Waals surface area (Å²) < 4.78 is 32.6. The van der Waals surface area contributed by atoms with Crippen LogP contribution in [0.3, 0.4) is 0 Å². The molecule has 1 rings (SSSR count). The quantitative estimate of drug-likeness (QED) is 0.302. The summed E-state index contributed by atoms with van der Waals surface area (Å²) >= 11 is 0. The largest absolute Gasteiger partial charge is 0.372 e.